The second-order valence-corrected chi connectivity index (χ2v) is 3.70. The van der Waals surface area contributed by atoms with Crippen LogP contribution in [-0.2, 0) is 14.5 Å². The van der Waals surface area contributed by atoms with Gasteiger partial charge in [0.2, 0.25) is 0 Å². The molecule has 1 atom stereocenters. The SMILES string of the molecule is O=C(CC(CON(O)O)ON(O)O)Oc1ccc(O)cc1. The molecule has 1 aromatic carbocycles. The molecule has 0 aliphatic heterocycles. The molecule has 21 heavy (non-hydrogen) atoms. The average molecular weight is 306 g/mol. The molecule has 0 bridgehead atoms. The van der Waals surface area contributed by atoms with Crippen molar-refractivity contribution in [3.8, 4) is 11.5 Å². The Morgan fingerprint density at radius 1 is 1.10 bits per heavy atom. The van der Waals surface area contributed by atoms with E-state index < -0.39 is 35.9 Å². The number of phenolic OH excluding ortho intramolecular Hbond substituents is 1. The van der Waals surface area contributed by atoms with Crippen molar-refractivity contribution >= 4 is 5.97 Å². The van der Waals surface area contributed by atoms with E-state index in [1.54, 1.807) is 0 Å². The Balaban J connectivity index is 2.51. The molecule has 0 saturated carbocycles. The number of hydrogen-bond donors (Lipinski definition) is 5. The van der Waals surface area contributed by atoms with Gasteiger partial charge in [-0.05, 0) is 24.3 Å². The molecule has 118 valence electrons. The number of benzene rings is 1. The van der Waals surface area contributed by atoms with Gasteiger partial charge in [0.05, 0.1) is 17.2 Å². The Bertz CT molecular complexity index is 437. The molecular formula is C10H14N2O9. The maximum Gasteiger partial charge on any atom is 0.314 e. The zero-order chi connectivity index (χ0) is 15.8. The van der Waals surface area contributed by atoms with E-state index in [0.29, 0.717) is 0 Å². The molecule has 0 spiro atoms. The summed E-state index contributed by atoms with van der Waals surface area (Å²) in [6.45, 7) is -0.588. The molecule has 0 aliphatic rings. The van der Waals surface area contributed by atoms with Crippen molar-refractivity contribution in [3.05, 3.63) is 24.3 Å². The van der Waals surface area contributed by atoms with Gasteiger partial charge in [-0.2, -0.15) is 0 Å². The second kappa shape index (κ2) is 8.46. The van der Waals surface area contributed by atoms with E-state index in [-0.39, 0.29) is 11.5 Å². The van der Waals surface area contributed by atoms with Crippen LogP contribution in [0.15, 0.2) is 24.3 Å². The van der Waals surface area contributed by atoms with Crippen LogP contribution in [0.4, 0.5) is 0 Å². The van der Waals surface area contributed by atoms with Gasteiger partial charge in [0.25, 0.3) is 0 Å². The topological polar surface area (TPSA) is 152 Å². The molecule has 0 radical (unpaired) electrons. The zero-order valence-electron chi connectivity index (χ0n) is 10.6. The van der Waals surface area contributed by atoms with E-state index in [1.807, 2.05) is 0 Å². The normalized spacial score (nSPS) is 12.7. The highest BCUT2D eigenvalue weighted by molar-refractivity contribution is 5.72. The summed E-state index contributed by atoms with van der Waals surface area (Å²) < 4.78 is 4.88. The molecule has 0 aromatic heterocycles. The van der Waals surface area contributed by atoms with Crippen LogP contribution < -0.4 is 4.74 Å². The van der Waals surface area contributed by atoms with Gasteiger partial charge in [0.15, 0.2) is 0 Å². The van der Waals surface area contributed by atoms with Crippen molar-refractivity contribution in [2.45, 2.75) is 12.5 Å². The van der Waals surface area contributed by atoms with E-state index in [2.05, 4.69) is 9.68 Å². The lowest BCUT2D eigenvalue weighted by molar-refractivity contribution is -0.526. The van der Waals surface area contributed by atoms with Gasteiger partial charge in [-0.3, -0.25) is 25.6 Å². The van der Waals surface area contributed by atoms with Crippen LogP contribution in [0.1, 0.15) is 6.42 Å². The van der Waals surface area contributed by atoms with Crippen LogP contribution in [0.3, 0.4) is 0 Å². The molecule has 0 aliphatic carbocycles. The molecule has 1 aromatic rings. The maximum absolute atomic E-state index is 11.6. The van der Waals surface area contributed by atoms with Gasteiger partial charge < -0.3 is 9.84 Å². The van der Waals surface area contributed by atoms with Crippen LogP contribution >= 0.6 is 0 Å². The van der Waals surface area contributed by atoms with Gasteiger partial charge in [-0.25, -0.2) is 9.68 Å². The van der Waals surface area contributed by atoms with Crippen molar-refractivity contribution in [3.63, 3.8) is 0 Å². The summed E-state index contributed by atoms with van der Waals surface area (Å²) in [6, 6.07) is 5.29. The summed E-state index contributed by atoms with van der Waals surface area (Å²) in [4.78, 5) is 20.2. The summed E-state index contributed by atoms with van der Waals surface area (Å²) >= 11 is 0. The van der Waals surface area contributed by atoms with Gasteiger partial charge in [0, 0.05) is 0 Å². The number of esters is 1. The number of carbonyl (C=O) groups is 1. The fourth-order valence-corrected chi connectivity index (χ4v) is 1.28. The molecule has 11 heteroatoms. The van der Waals surface area contributed by atoms with Crippen molar-refractivity contribution in [1.82, 2.24) is 10.8 Å². The fraction of sp³-hybridized carbons (Fsp3) is 0.300. The first-order chi connectivity index (χ1) is 9.86. The molecule has 0 saturated heterocycles. The third-order valence-corrected chi connectivity index (χ3v) is 2.08. The molecule has 0 amide bonds. The van der Waals surface area contributed by atoms with Crippen molar-refractivity contribution in [2.24, 2.45) is 0 Å². The average Bonchev–Trinajstić information content (AvgIpc) is 2.38. The van der Waals surface area contributed by atoms with E-state index in [0.717, 1.165) is 0 Å². The van der Waals surface area contributed by atoms with Gasteiger partial charge >= 0.3 is 5.97 Å². The Kier molecular flexibility index (Phi) is 6.93. The predicted molar refractivity (Wildman–Crippen MR) is 60.0 cm³/mol. The predicted octanol–water partition coefficient (Wildman–Crippen LogP) is 0.0803. The van der Waals surface area contributed by atoms with Gasteiger partial charge in [-0.15, -0.1) is 0 Å². The minimum atomic E-state index is -1.27. The number of aromatic hydroxyl groups is 1. The number of ether oxygens (including phenoxy) is 1. The van der Waals surface area contributed by atoms with Crippen LogP contribution in [-0.4, -0.2) is 55.4 Å². The Labute approximate surface area is 118 Å². The highest BCUT2D eigenvalue weighted by Gasteiger charge is 2.20. The summed E-state index contributed by atoms with van der Waals surface area (Å²) in [7, 11) is 0. The Hall–Kier alpha value is -1.83. The summed E-state index contributed by atoms with van der Waals surface area (Å²) in [5, 5.41) is 41.5. The van der Waals surface area contributed by atoms with Crippen molar-refractivity contribution in [1.29, 1.82) is 0 Å². The van der Waals surface area contributed by atoms with E-state index in [1.165, 1.54) is 24.3 Å². The van der Waals surface area contributed by atoms with Crippen LogP contribution in [0.2, 0.25) is 0 Å². The van der Waals surface area contributed by atoms with E-state index >= 15 is 0 Å². The third-order valence-electron chi connectivity index (χ3n) is 2.08. The fourth-order valence-electron chi connectivity index (χ4n) is 1.28. The molecule has 0 heterocycles. The van der Waals surface area contributed by atoms with E-state index in [9.17, 15) is 4.79 Å². The van der Waals surface area contributed by atoms with Crippen molar-refractivity contribution < 1.29 is 45.1 Å². The summed E-state index contributed by atoms with van der Waals surface area (Å²) in [5.74, 6) is -0.682. The van der Waals surface area contributed by atoms with Crippen LogP contribution in [0, 0.1) is 0 Å². The Morgan fingerprint density at radius 2 is 1.71 bits per heavy atom. The highest BCUT2D eigenvalue weighted by Crippen LogP contribution is 2.17. The zero-order valence-corrected chi connectivity index (χ0v) is 10.6. The first kappa shape index (κ1) is 17.2. The monoisotopic (exact) mass is 306 g/mol. The maximum atomic E-state index is 11.6. The highest BCUT2D eigenvalue weighted by atomic mass is 17.1. The van der Waals surface area contributed by atoms with Crippen molar-refractivity contribution in [2.75, 3.05) is 6.61 Å². The lowest BCUT2D eigenvalue weighted by Crippen LogP contribution is -2.33. The van der Waals surface area contributed by atoms with Crippen LogP contribution in [0.25, 0.3) is 0 Å². The second-order valence-electron chi connectivity index (χ2n) is 3.70. The number of rotatable bonds is 8. The first-order valence-corrected chi connectivity index (χ1v) is 5.52. The quantitative estimate of drug-likeness (QED) is 0.252. The minimum Gasteiger partial charge on any atom is -0.508 e. The molecule has 1 unspecified atom stereocenters. The lowest BCUT2D eigenvalue weighted by atomic mass is 10.2. The summed E-state index contributed by atoms with van der Waals surface area (Å²) in [5.41, 5.74) is 0. The number of nitrogens with zero attached hydrogens (tertiary/aromatic N) is 2. The Morgan fingerprint density at radius 3 is 2.24 bits per heavy atom. The van der Waals surface area contributed by atoms with Gasteiger partial charge in [-0.1, -0.05) is 0 Å². The minimum absolute atomic E-state index is 0.00778. The smallest absolute Gasteiger partial charge is 0.314 e. The molecule has 0 fully saturated rings. The standard InChI is InChI=1S/C10H14N2O9/c13-7-1-3-8(4-2-7)20-10(14)5-9(21-12(17)18)6-19-11(15)16/h1-4,9,13,15-18H,5-6H2. The number of carbonyl (C=O) groups excluding carboxylic acids is 1. The van der Waals surface area contributed by atoms with Gasteiger partial charge in [0.1, 0.15) is 24.2 Å². The first-order valence-electron chi connectivity index (χ1n) is 5.52. The number of hydrogen-bond acceptors (Lipinski definition) is 11. The largest absolute Gasteiger partial charge is 0.508 e. The van der Waals surface area contributed by atoms with Crippen LogP contribution in [0.5, 0.6) is 11.5 Å². The lowest BCUT2D eigenvalue weighted by Gasteiger charge is -2.18. The third kappa shape index (κ3) is 7.50. The molecule has 11 nitrogen and oxygen atoms in total. The number of phenols is 1. The van der Waals surface area contributed by atoms with E-state index in [4.69, 9.17) is 30.7 Å². The molecule has 5 N–H and O–H groups in total. The summed E-state index contributed by atoms with van der Waals surface area (Å²) in [6.07, 6.45) is -1.77. The molecule has 1 rings (SSSR count). The molecular weight excluding hydrogens is 292 g/mol.